The first kappa shape index (κ1) is 12.5. The summed E-state index contributed by atoms with van der Waals surface area (Å²) in [6.07, 6.45) is 12.4. The molecule has 0 fully saturated rings. The minimum atomic E-state index is 0.826. The van der Waals surface area contributed by atoms with E-state index in [1.807, 2.05) is 42.4 Å². The summed E-state index contributed by atoms with van der Waals surface area (Å²) in [5.41, 5.74) is 5.06. The van der Waals surface area contributed by atoms with E-state index in [2.05, 4.69) is 16.4 Å². The largest absolute Gasteiger partial charge is 0.389 e. The lowest BCUT2D eigenvalue weighted by Crippen LogP contribution is -2.22. The number of aromatic nitrogens is 1. The van der Waals surface area contributed by atoms with E-state index in [0.717, 1.165) is 17.8 Å². The van der Waals surface area contributed by atoms with Gasteiger partial charge in [-0.25, -0.2) is 0 Å². The van der Waals surface area contributed by atoms with Crippen molar-refractivity contribution in [1.82, 2.24) is 15.2 Å². The molecular weight excluding hydrogens is 242 g/mol. The zero-order valence-corrected chi connectivity index (χ0v) is 11.0. The molecule has 0 amide bonds. The first-order valence-electron chi connectivity index (χ1n) is 5.73. The molecule has 1 N–H and O–H groups in total. The molecule has 1 aromatic rings. The third-order valence-electron chi connectivity index (χ3n) is 2.74. The van der Waals surface area contributed by atoms with Crippen molar-refractivity contribution in [2.24, 2.45) is 0 Å². The van der Waals surface area contributed by atoms with Crippen LogP contribution in [0.25, 0.3) is 0 Å². The maximum absolute atomic E-state index is 5.02. The normalized spacial score (nSPS) is 16.6. The summed E-state index contributed by atoms with van der Waals surface area (Å²) in [5.74, 6) is 0. The minimum absolute atomic E-state index is 0.826. The molecule has 0 saturated carbocycles. The Bertz CT molecular complexity index is 503. The Hall–Kier alpha value is -1.94. The molecule has 4 heteroatoms. The standard InChI is InChI=1S/C14H15N3S/c1-15-13(10-12-5-7-16-8-6-12)14-4-2-3-9-17(14)11-18/h2-9,11,15H,10H2,1H3/b14-13-. The highest BCUT2D eigenvalue weighted by Crippen LogP contribution is 2.17. The molecule has 0 aromatic carbocycles. The topological polar surface area (TPSA) is 28.2 Å². The summed E-state index contributed by atoms with van der Waals surface area (Å²) in [6.45, 7) is 0. The molecule has 0 atom stereocenters. The quantitative estimate of drug-likeness (QED) is 0.838. The summed E-state index contributed by atoms with van der Waals surface area (Å²) in [5, 5.41) is 3.25. The van der Waals surface area contributed by atoms with Gasteiger partial charge in [-0.1, -0.05) is 18.3 Å². The summed E-state index contributed by atoms with van der Waals surface area (Å²) >= 11 is 5.02. The molecule has 1 aromatic heterocycles. The Labute approximate surface area is 113 Å². The fourth-order valence-electron chi connectivity index (χ4n) is 1.82. The molecule has 0 saturated heterocycles. The molecular formula is C14H15N3S. The van der Waals surface area contributed by atoms with Gasteiger partial charge in [0.1, 0.15) is 0 Å². The van der Waals surface area contributed by atoms with Crippen LogP contribution in [0.1, 0.15) is 5.56 Å². The van der Waals surface area contributed by atoms with E-state index in [1.54, 1.807) is 17.9 Å². The van der Waals surface area contributed by atoms with E-state index >= 15 is 0 Å². The molecule has 0 radical (unpaired) electrons. The average Bonchev–Trinajstić information content (AvgIpc) is 2.46. The van der Waals surface area contributed by atoms with Crippen LogP contribution in [-0.4, -0.2) is 22.4 Å². The molecule has 92 valence electrons. The number of thiocarbonyl (C=S) groups is 1. The molecule has 1 aliphatic heterocycles. The fraction of sp³-hybridized carbons (Fsp3) is 0.143. The summed E-state index contributed by atoms with van der Waals surface area (Å²) in [7, 11) is 1.93. The van der Waals surface area contributed by atoms with Crippen molar-refractivity contribution >= 4 is 17.7 Å². The first-order chi connectivity index (χ1) is 8.85. The van der Waals surface area contributed by atoms with Crippen molar-refractivity contribution in [3.8, 4) is 0 Å². The highest BCUT2D eigenvalue weighted by atomic mass is 32.1. The van der Waals surface area contributed by atoms with Crippen LogP contribution in [0.5, 0.6) is 0 Å². The van der Waals surface area contributed by atoms with E-state index < -0.39 is 0 Å². The number of rotatable bonds is 4. The maximum Gasteiger partial charge on any atom is 0.0727 e. The van der Waals surface area contributed by atoms with Crippen LogP contribution in [0.2, 0.25) is 0 Å². The Kier molecular flexibility index (Phi) is 4.25. The van der Waals surface area contributed by atoms with Gasteiger partial charge in [0.15, 0.2) is 0 Å². The second-order valence-corrected chi connectivity index (χ2v) is 4.07. The third-order valence-corrected chi connectivity index (χ3v) is 2.97. The van der Waals surface area contributed by atoms with Gasteiger partial charge in [-0.3, -0.25) is 4.98 Å². The smallest absolute Gasteiger partial charge is 0.0727 e. The van der Waals surface area contributed by atoms with Gasteiger partial charge in [-0.2, -0.15) is 0 Å². The molecule has 0 bridgehead atoms. The Morgan fingerprint density at radius 1 is 1.39 bits per heavy atom. The molecule has 3 nitrogen and oxygen atoms in total. The van der Waals surface area contributed by atoms with Crippen LogP contribution in [-0.2, 0) is 6.42 Å². The highest BCUT2D eigenvalue weighted by molar-refractivity contribution is 7.78. The van der Waals surface area contributed by atoms with Crippen molar-refractivity contribution in [1.29, 1.82) is 0 Å². The van der Waals surface area contributed by atoms with Crippen LogP contribution in [0.15, 0.2) is 60.3 Å². The van der Waals surface area contributed by atoms with Gasteiger partial charge in [0.2, 0.25) is 0 Å². The summed E-state index contributed by atoms with van der Waals surface area (Å²) in [6, 6.07) is 4.03. The van der Waals surface area contributed by atoms with E-state index in [0.29, 0.717) is 0 Å². The van der Waals surface area contributed by atoms with Gasteiger partial charge in [0, 0.05) is 37.8 Å². The Balaban J connectivity index is 2.29. The molecule has 0 spiro atoms. The maximum atomic E-state index is 5.02. The molecule has 1 aliphatic rings. The van der Waals surface area contributed by atoms with Crippen LogP contribution in [0.4, 0.5) is 0 Å². The molecule has 18 heavy (non-hydrogen) atoms. The number of nitrogens with zero attached hydrogens (tertiary/aromatic N) is 2. The van der Waals surface area contributed by atoms with Gasteiger partial charge in [0.05, 0.1) is 11.2 Å². The minimum Gasteiger partial charge on any atom is -0.389 e. The number of allylic oxidation sites excluding steroid dienone is 4. The van der Waals surface area contributed by atoms with E-state index in [-0.39, 0.29) is 0 Å². The Morgan fingerprint density at radius 2 is 2.17 bits per heavy atom. The van der Waals surface area contributed by atoms with E-state index in [9.17, 15) is 0 Å². The number of hydrogen-bond acceptors (Lipinski definition) is 3. The van der Waals surface area contributed by atoms with Gasteiger partial charge in [-0.15, -0.1) is 0 Å². The zero-order chi connectivity index (χ0) is 12.8. The number of nitrogens with one attached hydrogen (secondary N) is 1. The van der Waals surface area contributed by atoms with Gasteiger partial charge in [-0.05, 0) is 29.8 Å². The predicted octanol–water partition coefficient (Wildman–Crippen LogP) is 2.40. The van der Waals surface area contributed by atoms with Crippen LogP contribution in [0.3, 0.4) is 0 Å². The highest BCUT2D eigenvalue weighted by Gasteiger charge is 2.10. The van der Waals surface area contributed by atoms with Crippen molar-refractivity contribution in [3.05, 3.63) is 65.9 Å². The monoisotopic (exact) mass is 257 g/mol. The molecule has 0 aliphatic carbocycles. The van der Waals surface area contributed by atoms with E-state index in [1.165, 1.54) is 5.56 Å². The number of hydrogen-bond donors (Lipinski definition) is 1. The zero-order valence-electron chi connectivity index (χ0n) is 10.2. The first-order valence-corrected chi connectivity index (χ1v) is 6.20. The SMILES string of the molecule is CN/C(Cc1ccncc1)=C1/C=CC=CN1C=S. The van der Waals surface area contributed by atoms with Crippen molar-refractivity contribution in [2.45, 2.75) is 6.42 Å². The van der Waals surface area contributed by atoms with Gasteiger partial charge in [0.25, 0.3) is 0 Å². The second kappa shape index (κ2) is 6.12. The molecule has 2 rings (SSSR count). The lowest BCUT2D eigenvalue weighted by molar-refractivity contribution is 0.699. The summed E-state index contributed by atoms with van der Waals surface area (Å²) in [4.78, 5) is 5.96. The molecule has 2 heterocycles. The molecule has 0 unspecified atom stereocenters. The fourth-order valence-corrected chi connectivity index (χ4v) is 2.00. The van der Waals surface area contributed by atoms with Crippen LogP contribution in [0, 0.1) is 0 Å². The van der Waals surface area contributed by atoms with E-state index in [4.69, 9.17) is 12.2 Å². The average molecular weight is 257 g/mol. The predicted molar refractivity (Wildman–Crippen MR) is 77.8 cm³/mol. The van der Waals surface area contributed by atoms with Crippen LogP contribution < -0.4 is 5.32 Å². The van der Waals surface area contributed by atoms with Gasteiger partial charge >= 0.3 is 0 Å². The van der Waals surface area contributed by atoms with Crippen molar-refractivity contribution in [2.75, 3.05) is 7.05 Å². The van der Waals surface area contributed by atoms with Crippen LogP contribution >= 0.6 is 12.2 Å². The van der Waals surface area contributed by atoms with Crippen molar-refractivity contribution in [3.63, 3.8) is 0 Å². The summed E-state index contributed by atoms with van der Waals surface area (Å²) < 4.78 is 0. The lowest BCUT2D eigenvalue weighted by atomic mass is 10.1. The third kappa shape index (κ3) is 2.84. The Morgan fingerprint density at radius 3 is 2.83 bits per heavy atom. The van der Waals surface area contributed by atoms with Crippen molar-refractivity contribution < 1.29 is 0 Å². The lowest BCUT2D eigenvalue weighted by Gasteiger charge is -2.22. The number of likely N-dealkylation sites (N-methyl/N-ethyl adjacent to an activating group) is 1. The number of pyridine rings is 1. The second-order valence-electron chi connectivity index (χ2n) is 3.86. The van der Waals surface area contributed by atoms with Gasteiger partial charge < -0.3 is 10.2 Å².